The number of nitrogens with one attached hydrogen (secondary N) is 2. The van der Waals surface area contributed by atoms with E-state index in [0.717, 1.165) is 5.56 Å². The third-order valence-electron chi connectivity index (χ3n) is 3.71. The van der Waals surface area contributed by atoms with E-state index in [9.17, 15) is 9.59 Å². The van der Waals surface area contributed by atoms with Gasteiger partial charge in [-0.1, -0.05) is 17.7 Å². The van der Waals surface area contributed by atoms with Gasteiger partial charge in [0.05, 0.1) is 6.61 Å². The van der Waals surface area contributed by atoms with Crippen molar-refractivity contribution in [3.8, 4) is 5.75 Å². The molecule has 0 aromatic heterocycles. The minimum Gasteiger partial charge on any atom is -0.481 e. The molecule has 26 heavy (non-hydrogen) atoms. The van der Waals surface area contributed by atoms with Crippen molar-refractivity contribution in [1.29, 1.82) is 0 Å². The average molecular weight is 356 g/mol. The van der Waals surface area contributed by atoms with Gasteiger partial charge in [0.2, 0.25) is 0 Å². The van der Waals surface area contributed by atoms with Crippen LogP contribution < -0.4 is 15.4 Å². The van der Waals surface area contributed by atoms with Gasteiger partial charge in [-0.05, 0) is 50.2 Å². The monoisotopic (exact) mass is 356 g/mol. The molecule has 2 amide bonds. The Labute approximate surface area is 153 Å². The van der Waals surface area contributed by atoms with Crippen molar-refractivity contribution >= 4 is 17.5 Å². The molecule has 2 N–H and O–H groups in total. The molecular formula is C20H24N2O4. The predicted molar refractivity (Wildman–Crippen MR) is 101 cm³/mol. The number of hydrogen-bond acceptors (Lipinski definition) is 4. The van der Waals surface area contributed by atoms with Crippen molar-refractivity contribution in [2.75, 3.05) is 25.6 Å². The van der Waals surface area contributed by atoms with Crippen LogP contribution >= 0.6 is 0 Å². The van der Waals surface area contributed by atoms with E-state index in [1.165, 1.54) is 0 Å². The van der Waals surface area contributed by atoms with Crippen molar-refractivity contribution in [1.82, 2.24) is 5.32 Å². The van der Waals surface area contributed by atoms with Gasteiger partial charge < -0.3 is 20.1 Å². The molecule has 0 aliphatic rings. The Morgan fingerprint density at radius 2 is 1.69 bits per heavy atom. The molecule has 0 saturated carbocycles. The first-order chi connectivity index (χ1) is 12.5. The van der Waals surface area contributed by atoms with Crippen LogP contribution in [-0.2, 0) is 9.53 Å². The molecule has 1 unspecified atom stereocenters. The highest BCUT2D eigenvalue weighted by atomic mass is 16.5. The van der Waals surface area contributed by atoms with Crippen molar-refractivity contribution in [2.24, 2.45) is 0 Å². The Morgan fingerprint density at radius 3 is 2.31 bits per heavy atom. The number of rotatable bonds is 8. The number of anilines is 1. The van der Waals surface area contributed by atoms with Crippen LogP contribution in [0.2, 0.25) is 0 Å². The molecule has 1 atom stereocenters. The Bertz CT molecular complexity index is 726. The zero-order valence-electron chi connectivity index (χ0n) is 15.2. The van der Waals surface area contributed by atoms with Crippen LogP contribution in [0.3, 0.4) is 0 Å². The minimum atomic E-state index is -0.644. The van der Waals surface area contributed by atoms with E-state index in [2.05, 4.69) is 10.6 Å². The van der Waals surface area contributed by atoms with E-state index in [1.807, 2.05) is 31.2 Å². The maximum absolute atomic E-state index is 12.2. The second kappa shape index (κ2) is 9.58. The molecule has 0 fully saturated rings. The molecule has 6 heteroatoms. The summed E-state index contributed by atoms with van der Waals surface area (Å²) >= 11 is 0. The summed E-state index contributed by atoms with van der Waals surface area (Å²) < 4.78 is 10.5. The number of benzene rings is 2. The maximum atomic E-state index is 12.2. The Hall–Kier alpha value is -2.86. The minimum absolute atomic E-state index is 0.184. The quantitative estimate of drug-likeness (QED) is 0.713. The molecule has 0 aliphatic carbocycles. The molecule has 0 saturated heterocycles. The zero-order chi connectivity index (χ0) is 18.9. The molecule has 0 aliphatic heterocycles. The van der Waals surface area contributed by atoms with Gasteiger partial charge >= 0.3 is 0 Å². The summed E-state index contributed by atoms with van der Waals surface area (Å²) in [5, 5.41) is 5.51. The van der Waals surface area contributed by atoms with Gasteiger partial charge in [-0.15, -0.1) is 0 Å². The third kappa shape index (κ3) is 5.89. The molecule has 0 bridgehead atoms. The fourth-order valence-electron chi connectivity index (χ4n) is 2.19. The van der Waals surface area contributed by atoms with Crippen molar-refractivity contribution in [3.05, 3.63) is 59.7 Å². The van der Waals surface area contributed by atoms with Crippen molar-refractivity contribution in [2.45, 2.75) is 20.0 Å². The summed E-state index contributed by atoms with van der Waals surface area (Å²) in [4.78, 5) is 24.2. The first kappa shape index (κ1) is 19.5. The fourth-order valence-corrected chi connectivity index (χ4v) is 2.19. The van der Waals surface area contributed by atoms with E-state index < -0.39 is 6.10 Å². The molecule has 2 aromatic carbocycles. The predicted octanol–water partition coefficient (Wildman–Crippen LogP) is 2.78. The molecule has 0 heterocycles. The second-order valence-corrected chi connectivity index (χ2v) is 5.89. The van der Waals surface area contributed by atoms with E-state index in [4.69, 9.17) is 9.47 Å². The Balaban J connectivity index is 1.88. The Kier molecular flexibility index (Phi) is 7.17. The van der Waals surface area contributed by atoms with Crippen molar-refractivity contribution in [3.63, 3.8) is 0 Å². The van der Waals surface area contributed by atoms with Crippen LogP contribution in [0.1, 0.15) is 22.8 Å². The van der Waals surface area contributed by atoms with Gasteiger partial charge in [0.1, 0.15) is 5.75 Å². The molecule has 138 valence electrons. The standard InChI is InChI=1S/C20H24N2O4/c1-14-4-10-18(11-5-14)26-15(2)19(23)22-17-8-6-16(7-9-17)20(24)21-12-13-25-3/h4-11,15H,12-13H2,1-3H3,(H,21,24)(H,22,23). The summed E-state index contributed by atoms with van der Waals surface area (Å²) in [6, 6.07) is 14.2. The number of aryl methyl sites for hydroxylation is 1. The normalized spacial score (nSPS) is 11.5. The Morgan fingerprint density at radius 1 is 1.04 bits per heavy atom. The van der Waals surface area contributed by atoms with E-state index in [-0.39, 0.29) is 11.8 Å². The first-order valence-corrected chi connectivity index (χ1v) is 8.41. The van der Waals surface area contributed by atoms with Crippen LogP contribution in [0.5, 0.6) is 5.75 Å². The number of carbonyl (C=O) groups excluding carboxylic acids is 2. The fraction of sp³-hybridized carbons (Fsp3) is 0.300. The van der Waals surface area contributed by atoms with Crippen LogP contribution in [0.4, 0.5) is 5.69 Å². The lowest BCUT2D eigenvalue weighted by Crippen LogP contribution is -2.30. The van der Waals surface area contributed by atoms with Crippen LogP contribution in [0.15, 0.2) is 48.5 Å². The molecule has 0 spiro atoms. The summed E-state index contributed by atoms with van der Waals surface area (Å²) in [7, 11) is 1.58. The summed E-state index contributed by atoms with van der Waals surface area (Å²) in [6.45, 7) is 4.58. The first-order valence-electron chi connectivity index (χ1n) is 8.41. The molecule has 2 aromatic rings. The maximum Gasteiger partial charge on any atom is 0.265 e. The van der Waals surface area contributed by atoms with E-state index in [1.54, 1.807) is 38.3 Å². The molecule has 6 nitrogen and oxygen atoms in total. The highest BCUT2D eigenvalue weighted by molar-refractivity contribution is 5.96. The molecule has 0 radical (unpaired) electrons. The SMILES string of the molecule is COCCNC(=O)c1ccc(NC(=O)C(C)Oc2ccc(C)cc2)cc1. The van der Waals surface area contributed by atoms with Gasteiger partial charge in [-0.2, -0.15) is 0 Å². The van der Waals surface area contributed by atoms with E-state index in [0.29, 0.717) is 30.2 Å². The highest BCUT2D eigenvalue weighted by Gasteiger charge is 2.15. The van der Waals surface area contributed by atoms with Crippen LogP contribution in [0.25, 0.3) is 0 Å². The average Bonchev–Trinajstić information content (AvgIpc) is 2.64. The number of amides is 2. The summed E-state index contributed by atoms with van der Waals surface area (Å²) in [6.07, 6.45) is -0.644. The topological polar surface area (TPSA) is 76.7 Å². The largest absolute Gasteiger partial charge is 0.481 e. The number of hydrogen-bond donors (Lipinski definition) is 2. The summed E-state index contributed by atoms with van der Waals surface area (Å²) in [5.41, 5.74) is 2.24. The number of methoxy groups -OCH3 is 1. The third-order valence-corrected chi connectivity index (χ3v) is 3.71. The van der Waals surface area contributed by atoms with E-state index >= 15 is 0 Å². The lowest BCUT2D eigenvalue weighted by atomic mass is 10.2. The number of carbonyl (C=O) groups is 2. The van der Waals surface area contributed by atoms with Gasteiger partial charge in [-0.25, -0.2) is 0 Å². The highest BCUT2D eigenvalue weighted by Crippen LogP contribution is 2.15. The van der Waals surface area contributed by atoms with Crippen LogP contribution in [-0.4, -0.2) is 38.2 Å². The van der Waals surface area contributed by atoms with Crippen molar-refractivity contribution < 1.29 is 19.1 Å². The van der Waals surface area contributed by atoms with Gasteiger partial charge in [0.25, 0.3) is 11.8 Å². The zero-order valence-corrected chi connectivity index (χ0v) is 15.2. The second-order valence-electron chi connectivity index (χ2n) is 5.89. The van der Waals surface area contributed by atoms with Crippen LogP contribution in [0, 0.1) is 6.92 Å². The van der Waals surface area contributed by atoms with Gasteiger partial charge in [-0.3, -0.25) is 9.59 Å². The van der Waals surface area contributed by atoms with Gasteiger partial charge in [0.15, 0.2) is 6.10 Å². The molecular weight excluding hydrogens is 332 g/mol. The smallest absolute Gasteiger partial charge is 0.265 e. The summed E-state index contributed by atoms with van der Waals surface area (Å²) in [5.74, 6) is 0.195. The van der Waals surface area contributed by atoms with Gasteiger partial charge in [0, 0.05) is 24.9 Å². The lowest BCUT2D eigenvalue weighted by Gasteiger charge is -2.15. The molecule has 2 rings (SSSR count). The number of ether oxygens (including phenoxy) is 2. The lowest BCUT2D eigenvalue weighted by molar-refractivity contribution is -0.122.